The van der Waals surface area contributed by atoms with Crippen molar-refractivity contribution in [2.75, 3.05) is 0 Å². The van der Waals surface area contributed by atoms with E-state index < -0.39 is 12.0 Å². The summed E-state index contributed by atoms with van der Waals surface area (Å²) in [7, 11) is 0. The highest BCUT2D eigenvalue weighted by molar-refractivity contribution is 5.86. The highest BCUT2D eigenvalue weighted by Gasteiger charge is 2.12. The summed E-state index contributed by atoms with van der Waals surface area (Å²) in [4.78, 5) is 10.4. The first-order valence-electron chi connectivity index (χ1n) is 4.00. The molecule has 0 saturated heterocycles. The van der Waals surface area contributed by atoms with Gasteiger partial charge in [-0.1, -0.05) is 6.07 Å². The van der Waals surface area contributed by atoms with Crippen molar-refractivity contribution in [1.82, 2.24) is 0 Å². The normalized spacial score (nSPS) is 10.2. The number of aliphatic carboxylic acids is 1. The zero-order valence-corrected chi connectivity index (χ0v) is 11.0. The third-order valence-electron chi connectivity index (χ3n) is 1.81. The Bertz CT molecular complexity index is 362. The van der Waals surface area contributed by atoms with Crippen LogP contribution in [0.15, 0.2) is 18.2 Å². The van der Waals surface area contributed by atoms with E-state index in [1.54, 1.807) is 0 Å². The maximum Gasteiger partial charge on any atom is 0.320 e. The first-order valence-corrected chi connectivity index (χ1v) is 4.00. The Balaban J connectivity index is -0.000000653. The number of hydrogen-bond acceptors (Lipinski definition) is 4. The molecular weight excluding hydrogens is 292 g/mol. The second-order valence-electron chi connectivity index (χ2n) is 2.97. The van der Waals surface area contributed by atoms with Gasteiger partial charge >= 0.3 is 5.97 Å². The van der Waals surface area contributed by atoms with Crippen LogP contribution >= 0.6 is 37.2 Å². The summed E-state index contributed by atoms with van der Waals surface area (Å²) < 4.78 is 0. The first kappa shape index (κ1) is 21.4. The van der Waals surface area contributed by atoms with Gasteiger partial charge in [0.2, 0.25) is 0 Å². The average Bonchev–Trinajstić information content (AvgIpc) is 2.11. The van der Waals surface area contributed by atoms with Gasteiger partial charge < -0.3 is 21.1 Å². The van der Waals surface area contributed by atoms with Gasteiger partial charge in [0.1, 0.15) is 6.04 Å². The molecule has 8 heteroatoms. The van der Waals surface area contributed by atoms with Gasteiger partial charge in [0.05, 0.1) is 0 Å². The van der Waals surface area contributed by atoms with Crippen LogP contribution in [0.3, 0.4) is 0 Å². The van der Waals surface area contributed by atoms with E-state index in [0.29, 0.717) is 5.56 Å². The van der Waals surface area contributed by atoms with Crippen LogP contribution in [0.2, 0.25) is 0 Å². The van der Waals surface area contributed by atoms with Gasteiger partial charge in [-0.15, -0.1) is 37.2 Å². The lowest BCUT2D eigenvalue weighted by molar-refractivity contribution is -0.138. The molecule has 5 nitrogen and oxygen atoms in total. The molecule has 0 bridgehead atoms. The Morgan fingerprint density at radius 3 is 2.12 bits per heavy atom. The van der Waals surface area contributed by atoms with E-state index in [4.69, 9.17) is 21.1 Å². The number of halogens is 3. The Morgan fingerprint density at radius 1 is 1.18 bits per heavy atom. The van der Waals surface area contributed by atoms with Gasteiger partial charge in [0.15, 0.2) is 11.5 Å². The summed E-state index contributed by atoms with van der Waals surface area (Å²) in [5, 5.41) is 26.6. The topological polar surface area (TPSA) is 104 Å². The molecule has 100 valence electrons. The van der Waals surface area contributed by atoms with Crippen LogP contribution in [0.25, 0.3) is 0 Å². The zero-order chi connectivity index (χ0) is 10.7. The number of phenolic OH excluding ortho intramolecular Hbond substituents is 2. The standard InChI is InChI=1S/C9H11NO4.3ClH/c10-6(9(13)14)3-5-1-2-7(11)8(12)4-5;;;/h1-2,4,6,11-12H,3,10H2,(H,13,14);3*1H/t6-;;;/m0.../s1. The van der Waals surface area contributed by atoms with Crippen molar-refractivity contribution in [3.8, 4) is 11.5 Å². The van der Waals surface area contributed by atoms with Crippen LogP contribution in [-0.4, -0.2) is 27.3 Å². The predicted octanol–water partition coefficient (Wildman–Crippen LogP) is 1.32. The van der Waals surface area contributed by atoms with Crippen LogP contribution in [0.1, 0.15) is 5.56 Å². The van der Waals surface area contributed by atoms with Crippen molar-refractivity contribution in [3.05, 3.63) is 23.8 Å². The third kappa shape index (κ3) is 6.43. The highest BCUT2D eigenvalue weighted by Crippen LogP contribution is 2.25. The Morgan fingerprint density at radius 2 is 1.71 bits per heavy atom. The van der Waals surface area contributed by atoms with Crippen molar-refractivity contribution < 1.29 is 20.1 Å². The minimum atomic E-state index is -1.10. The lowest BCUT2D eigenvalue weighted by Crippen LogP contribution is -2.32. The minimum absolute atomic E-state index is 0. The molecule has 0 amide bonds. The van der Waals surface area contributed by atoms with Gasteiger partial charge in [-0.25, -0.2) is 0 Å². The van der Waals surface area contributed by atoms with Crippen LogP contribution in [0, 0.1) is 0 Å². The molecule has 1 atom stereocenters. The SMILES string of the molecule is Cl.Cl.Cl.N[C@@H](Cc1ccc(O)c(O)c1)C(=O)O. The predicted molar refractivity (Wildman–Crippen MR) is 70.8 cm³/mol. The summed E-state index contributed by atoms with van der Waals surface area (Å²) >= 11 is 0. The molecule has 5 N–H and O–H groups in total. The summed E-state index contributed by atoms with van der Waals surface area (Å²) in [6.45, 7) is 0. The lowest BCUT2D eigenvalue weighted by Gasteiger charge is -2.06. The van der Waals surface area contributed by atoms with E-state index in [0.717, 1.165) is 0 Å². The van der Waals surface area contributed by atoms with Crippen LogP contribution in [0.4, 0.5) is 0 Å². The van der Waals surface area contributed by atoms with Crippen molar-refractivity contribution in [2.24, 2.45) is 5.73 Å². The van der Waals surface area contributed by atoms with Crippen molar-refractivity contribution in [3.63, 3.8) is 0 Å². The highest BCUT2D eigenvalue weighted by atomic mass is 35.5. The molecule has 1 aromatic rings. The number of carbonyl (C=O) groups is 1. The molecule has 0 aliphatic carbocycles. The molecule has 0 aromatic heterocycles. The average molecular weight is 307 g/mol. The fourth-order valence-corrected chi connectivity index (χ4v) is 1.04. The summed E-state index contributed by atoms with van der Waals surface area (Å²) in [5.74, 6) is -1.62. The van der Waals surface area contributed by atoms with Gasteiger partial charge in [-0.3, -0.25) is 4.79 Å². The molecule has 0 heterocycles. The summed E-state index contributed by atoms with van der Waals surface area (Å²) in [6, 6.07) is 3.09. The molecule has 0 radical (unpaired) electrons. The zero-order valence-electron chi connectivity index (χ0n) is 8.57. The monoisotopic (exact) mass is 305 g/mol. The number of benzene rings is 1. The van der Waals surface area contributed by atoms with Crippen molar-refractivity contribution in [2.45, 2.75) is 12.5 Å². The molecule has 0 saturated carbocycles. The Kier molecular flexibility index (Phi) is 11.6. The number of phenols is 2. The number of rotatable bonds is 3. The maximum atomic E-state index is 10.4. The molecular formula is C9H14Cl3NO4. The molecule has 0 spiro atoms. The minimum Gasteiger partial charge on any atom is -0.504 e. The first-order chi connectivity index (χ1) is 6.50. The molecule has 1 rings (SSSR count). The molecule has 0 aliphatic heterocycles. The van der Waals surface area contributed by atoms with Gasteiger partial charge in [-0.2, -0.15) is 0 Å². The Hall–Kier alpha value is -0.880. The number of carboxylic acid groups (broad SMARTS) is 1. The van der Waals surface area contributed by atoms with Crippen LogP contribution < -0.4 is 5.73 Å². The summed E-state index contributed by atoms with van der Waals surface area (Å²) in [6.07, 6.45) is 0.114. The molecule has 1 aromatic carbocycles. The van der Waals surface area contributed by atoms with Gasteiger partial charge in [0.25, 0.3) is 0 Å². The van der Waals surface area contributed by atoms with Crippen LogP contribution in [-0.2, 0) is 11.2 Å². The number of aromatic hydroxyl groups is 2. The van der Waals surface area contributed by atoms with Crippen molar-refractivity contribution >= 4 is 43.2 Å². The van der Waals surface area contributed by atoms with E-state index in [1.165, 1.54) is 18.2 Å². The fourth-order valence-electron chi connectivity index (χ4n) is 1.04. The maximum absolute atomic E-state index is 10.4. The molecule has 0 aliphatic rings. The van der Waals surface area contributed by atoms with E-state index >= 15 is 0 Å². The third-order valence-corrected chi connectivity index (χ3v) is 1.81. The van der Waals surface area contributed by atoms with E-state index in [9.17, 15) is 4.79 Å². The second kappa shape index (κ2) is 9.18. The Labute approximate surface area is 117 Å². The fraction of sp³-hybridized carbons (Fsp3) is 0.222. The second-order valence-corrected chi connectivity index (χ2v) is 2.97. The largest absolute Gasteiger partial charge is 0.504 e. The van der Waals surface area contributed by atoms with Crippen LogP contribution in [0.5, 0.6) is 11.5 Å². The number of hydrogen-bond donors (Lipinski definition) is 4. The van der Waals surface area contributed by atoms with E-state index in [1.807, 2.05) is 0 Å². The van der Waals surface area contributed by atoms with E-state index in [-0.39, 0.29) is 55.1 Å². The van der Waals surface area contributed by atoms with Crippen molar-refractivity contribution in [1.29, 1.82) is 0 Å². The quantitative estimate of drug-likeness (QED) is 0.631. The van der Waals surface area contributed by atoms with Gasteiger partial charge in [-0.05, 0) is 24.1 Å². The number of nitrogens with two attached hydrogens (primary N) is 1. The number of carboxylic acids is 1. The lowest BCUT2D eigenvalue weighted by atomic mass is 10.1. The molecule has 0 fully saturated rings. The van der Waals surface area contributed by atoms with Gasteiger partial charge in [0, 0.05) is 0 Å². The smallest absolute Gasteiger partial charge is 0.320 e. The van der Waals surface area contributed by atoms with E-state index in [2.05, 4.69) is 0 Å². The summed E-state index contributed by atoms with van der Waals surface area (Å²) in [5.41, 5.74) is 5.86. The molecule has 0 unspecified atom stereocenters. The molecule has 17 heavy (non-hydrogen) atoms.